The highest BCUT2D eigenvalue weighted by molar-refractivity contribution is 6.35. The Bertz CT molecular complexity index is 1180. The molecule has 0 radical (unpaired) electrons. The van der Waals surface area contributed by atoms with Gasteiger partial charge in [0.15, 0.2) is 5.75 Å². The average Bonchev–Trinajstić information content (AvgIpc) is 2.63. The van der Waals surface area contributed by atoms with Crippen molar-refractivity contribution in [3.63, 3.8) is 0 Å². The summed E-state index contributed by atoms with van der Waals surface area (Å²) >= 11 is 6.13. The highest BCUT2D eigenvalue weighted by Gasteiger charge is 2.18. The Morgan fingerprint density at radius 2 is 1.92 bits per heavy atom. The van der Waals surface area contributed by atoms with Gasteiger partial charge >= 0.3 is 11.6 Å². The van der Waals surface area contributed by atoms with Gasteiger partial charge in [-0.05, 0) is 36.4 Å². The summed E-state index contributed by atoms with van der Waals surface area (Å²) in [7, 11) is 0. The number of carbonyl (C=O) groups is 1. The van der Waals surface area contributed by atoms with Crippen molar-refractivity contribution >= 4 is 39.4 Å². The normalized spacial score (nSPS) is 10.9. The van der Waals surface area contributed by atoms with E-state index in [2.05, 4.69) is 4.98 Å². The van der Waals surface area contributed by atoms with Crippen molar-refractivity contribution in [1.29, 1.82) is 0 Å². The van der Waals surface area contributed by atoms with Gasteiger partial charge in [-0.1, -0.05) is 29.8 Å². The molecule has 0 amide bonds. The van der Waals surface area contributed by atoms with E-state index in [0.717, 1.165) is 0 Å². The molecule has 0 N–H and O–H groups in total. The Balaban J connectivity index is 1.77. The van der Waals surface area contributed by atoms with Crippen molar-refractivity contribution in [2.45, 2.75) is 0 Å². The molecular weight excluding hydrogens is 342 g/mol. The minimum atomic E-state index is -0.811. The maximum absolute atomic E-state index is 12.5. The van der Waals surface area contributed by atoms with Crippen LogP contribution < -0.4 is 10.4 Å². The number of nitrogens with zero attached hydrogens (tertiary/aromatic N) is 1. The first-order chi connectivity index (χ1) is 12.1. The van der Waals surface area contributed by atoms with Gasteiger partial charge in [0.05, 0.1) is 5.02 Å². The topological polar surface area (TPSA) is 69.4 Å². The van der Waals surface area contributed by atoms with Gasteiger partial charge in [0.25, 0.3) is 0 Å². The third-order valence-corrected chi connectivity index (χ3v) is 4.07. The third kappa shape index (κ3) is 2.75. The van der Waals surface area contributed by atoms with Gasteiger partial charge in [-0.25, -0.2) is 9.59 Å². The number of pyridine rings is 1. The number of hydrogen-bond donors (Lipinski definition) is 0. The smallest absolute Gasteiger partial charge is 0.351 e. The minimum absolute atomic E-state index is 0.183. The number of halogens is 1. The lowest BCUT2D eigenvalue weighted by Crippen LogP contribution is -2.18. The second-order valence-corrected chi connectivity index (χ2v) is 5.73. The monoisotopic (exact) mass is 351 g/mol. The fourth-order valence-electron chi connectivity index (χ4n) is 2.55. The molecule has 25 heavy (non-hydrogen) atoms. The van der Waals surface area contributed by atoms with Gasteiger partial charge in [-0.15, -0.1) is 0 Å². The van der Waals surface area contributed by atoms with E-state index >= 15 is 0 Å². The average molecular weight is 352 g/mol. The Hall–Kier alpha value is -3.18. The van der Waals surface area contributed by atoms with Crippen LogP contribution >= 0.6 is 11.6 Å². The van der Waals surface area contributed by atoms with E-state index in [1.807, 2.05) is 0 Å². The molecule has 2 aromatic carbocycles. The molecule has 0 atom stereocenters. The molecule has 4 aromatic rings. The summed E-state index contributed by atoms with van der Waals surface area (Å²) in [6.07, 6.45) is 1.57. The standard InChI is InChI=1S/C19H10ClNO4/c20-14-7-8-16(17-12(14)5-3-9-21-17)25-19(23)13-10-11-4-1-2-6-15(11)24-18(13)22/h1-10H. The SMILES string of the molecule is O=C(Oc1ccc(Cl)c2cccnc12)c1cc2ccccc2oc1=O. The number of esters is 1. The summed E-state index contributed by atoms with van der Waals surface area (Å²) in [5, 5.41) is 1.78. The number of para-hydroxylation sites is 1. The molecule has 6 heteroatoms. The molecule has 2 heterocycles. The highest BCUT2D eigenvalue weighted by atomic mass is 35.5. The van der Waals surface area contributed by atoms with Crippen LogP contribution in [0.1, 0.15) is 10.4 Å². The number of hydrogen-bond acceptors (Lipinski definition) is 5. The Labute approximate surface area is 146 Å². The number of carbonyl (C=O) groups excluding carboxylic acids is 1. The first-order valence-corrected chi connectivity index (χ1v) is 7.79. The Kier molecular flexibility index (Phi) is 3.71. The quantitative estimate of drug-likeness (QED) is 0.307. The van der Waals surface area contributed by atoms with Crippen molar-refractivity contribution in [1.82, 2.24) is 4.98 Å². The predicted molar refractivity (Wildman–Crippen MR) is 94.2 cm³/mol. The molecule has 5 nitrogen and oxygen atoms in total. The molecule has 2 aromatic heterocycles. The van der Waals surface area contributed by atoms with E-state index in [9.17, 15) is 9.59 Å². The second kappa shape index (κ2) is 6.03. The molecule has 122 valence electrons. The van der Waals surface area contributed by atoms with Crippen molar-refractivity contribution in [2.24, 2.45) is 0 Å². The fraction of sp³-hybridized carbons (Fsp3) is 0. The molecule has 0 spiro atoms. The summed E-state index contributed by atoms with van der Waals surface area (Å²) in [5.41, 5.74) is -0.0937. The van der Waals surface area contributed by atoms with Crippen molar-refractivity contribution in [3.8, 4) is 5.75 Å². The van der Waals surface area contributed by atoms with Gasteiger partial charge in [-0.2, -0.15) is 0 Å². The van der Waals surface area contributed by atoms with Crippen LogP contribution in [0.2, 0.25) is 5.02 Å². The van der Waals surface area contributed by atoms with E-state index in [1.165, 1.54) is 12.1 Å². The number of benzene rings is 2. The van der Waals surface area contributed by atoms with E-state index in [1.54, 1.807) is 48.7 Å². The molecule has 4 rings (SSSR count). The third-order valence-electron chi connectivity index (χ3n) is 3.74. The minimum Gasteiger partial charge on any atom is -0.422 e. The molecule has 0 aliphatic heterocycles. The van der Waals surface area contributed by atoms with Crippen molar-refractivity contribution in [3.05, 3.63) is 81.8 Å². The van der Waals surface area contributed by atoms with Gasteiger partial charge in [0, 0.05) is 17.0 Å². The van der Waals surface area contributed by atoms with Crippen LogP contribution in [0.4, 0.5) is 0 Å². The van der Waals surface area contributed by atoms with E-state index < -0.39 is 11.6 Å². The second-order valence-electron chi connectivity index (χ2n) is 5.32. The lowest BCUT2D eigenvalue weighted by Gasteiger charge is -2.08. The first kappa shape index (κ1) is 15.4. The first-order valence-electron chi connectivity index (χ1n) is 7.42. The molecule has 0 fully saturated rings. The lowest BCUT2D eigenvalue weighted by atomic mass is 10.2. The molecule has 0 aliphatic rings. The summed E-state index contributed by atoms with van der Waals surface area (Å²) < 4.78 is 10.5. The van der Waals surface area contributed by atoms with Gasteiger partial charge in [0.2, 0.25) is 0 Å². The lowest BCUT2D eigenvalue weighted by molar-refractivity contribution is 0.0732. The van der Waals surface area contributed by atoms with Crippen LogP contribution in [-0.4, -0.2) is 11.0 Å². The van der Waals surface area contributed by atoms with Gasteiger partial charge in [-0.3, -0.25) is 4.98 Å². The fourth-order valence-corrected chi connectivity index (χ4v) is 2.77. The van der Waals surface area contributed by atoms with Crippen molar-refractivity contribution in [2.75, 3.05) is 0 Å². The van der Waals surface area contributed by atoms with Crippen LogP contribution in [-0.2, 0) is 0 Å². The molecule has 0 aliphatic carbocycles. The zero-order chi connectivity index (χ0) is 17.4. The van der Waals surface area contributed by atoms with Gasteiger partial charge in [0.1, 0.15) is 16.7 Å². The summed E-state index contributed by atoms with van der Waals surface area (Å²) in [5.74, 6) is -0.591. The predicted octanol–water partition coefficient (Wildman–Crippen LogP) is 4.21. The van der Waals surface area contributed by atoms with Crippen LogP contribution in [0, 0.1) is 0 Å². The highest BCUT2D eigenvalue weighted by Crippen LogP contribution is 2.30. The Morgan fingerprint density at radius 1 is 1.08 bits per heavy atom. The van der Waals surface area contributed by atoms with E-state index in [0.29, 0.717) is 26.9 Å². The molecule has 0 saturated carbocycles. The maximum Gasteiger partial charge on any atom is 0.351 e. The largest absolute Gasteiger partial charge is 0.422 e. The zero-order valence-electron chi connectivity index (χ0n) is 12.7. The maximum atomic E-state index is 12.5. The number of fused-ring (bicyclic) bond motifs is 2. The summed E-state index contributed by atoms with van der Waals surface area (Å²) in [6.45, 7) is 0. The molecular formula is C19H10ClNO4. The van der Waals surface area contributed by atoms with Crippen LogP contribution in [0.15, 0.2) is 70.0 Å². The summed E-state index contributed by atoms with van der Waals surface area (Å²) in [6, 6.07) is 15.0. The zero-order valence-corrected chi connectivity index (χ0v) is 13.5. The number of ether oxygens (including phenoxy) is 1. The van der Waals surface area contributed by atoms with Gasteiger partial charge < -0.3 is 9.15 Å². The Morgan fingerprint density at radius 3 is 2.80 bits per heavy atom. The summed E-state index contributed by atoms with van der Waals surface area (Å²) in [4.78, 5) is 28.7. The van der Waals surface area contributed by atoms with Crippen LogP contribution in [0.5, 0.6) is 5.75 Å². The van der Waals surface area contributed by atoms with E-state index in [-0.39, 0.29) is 11.3 Å². The number of aromatic nitrogens is 1. The number of rotatable bonds is 2. The van der Waals surface area contributed by atoms with Crippen molar-refractivity contribution < 1.29 is 13.9 Å². The van der Waals surface area contributed by atoms with E-state index in [4.69, 9.17) is 20.8 Å². The molecule has 0 bridgehead atoms. The van der Waals surface area contributed by atoms with Crippen LogP contribution in [0.25, 0.3) is 21.9 Å². The molecule has 0 unspecified atom stereocenters. The molecule has 0 saturated heterocycles. The van der Waals surface area contributed by atoms with Crippen LogP contribution in [0.3, 0.4) is 0 Å².